The summed E-state index contributed by atoms with van der Waals surface area (Å²) in [7, 11) is 2.60. The molecule has 0 spiro atoms. The van der Waals surface area contributed by atoms with Gasteiger partial charge in [-0.1, -0.05) is 5.92 Å². The van der Waals surface area contributed by atoms with Crippen LogP contribution in [0.25, 0.3) is 0 Å². The molecule has 95 valence electrons. The normalized spacial score (nSPS) is 5.78. The molecule has 0 aromatic rings. The Bertz CT molecular complexity index is 363. The summed E-state index contributed by atoms with van der Waals surface area (Å²) in [6.07, 6.45) is 11.2. The minimum Gasteiger partial charge on any atom is -0.468 e. The summed E-state index contributed by atoms with van der Waals surface area (Å²) in [6.45, 7) is 0. The largest absolute Gasteiger partial charge is 0.468 e. The number of carbonyl (C=O) groups excluding carboxylic acids is 2. The Morgan fingerprint density at radius 1 is 1.17 bits per heavy atom. The number of carbonyl (C=O) groups is 2. The third kappa shape index (κ3) is 24.1. The quantitative estimate of drug-likeness (QED) is 0.428. The molecule has 0 fully saturated rings. The van der Waals surface area contributed by atoms with Gasteiger partial charge >= 0.3 is 11.9 Å². The van der Waals surface area contributed by atoms with Gasteiger partial charge in [0.15, 0.2) is 0 Å². The van der Waals surface area contributed by atoms with E-state index in [9.17, 15) is 9.59 Å². The Balaban J connectivity index is -0.000000100. The maximum Gasteiger partial charge on any atom is 0.317 e. The molecule has 0 atom stereocenters. The summed E-state index contributed by atoms with van der Waals surface area (Å²) >= 11 is 0. The molecule has 0 amide bonds. The summed E-state index contributed by atoms with van der Waals surface area (Å²) < 4.78 is 8.48. The van der Waals surface area contributed by atoms with Crippen LogP contribution in [0.4, 0.5) is 0 Å². The number of ether oxygens (including phenoxy) is 2. The second-order valence-corrected chi connectivity index (χ2v) is 2.14. The molecule has 18 heavy (non-hydrogen) atoms. The molecular weight excluding hydrogens is 309 g/mol. The van der Waals surface area contributed by atoms with Crippen molar-refractivity contribution in [3.05, 3.63) is 13.9 Å². The standard InChI is InChI=1S/C7H5O2.C5H6O2.CH3.Y/c1-3-4-5-6-7(8)9-2;1-3-4-5(6)7-2;;/h6H2,2H3;1H,4H2,2H3;1H3;/q-1;;-1;. The van der Waals surface area contributed by atoms with E-state index in [2.05, 4.69) is 27.2 Å². The SMILES string of the molecule is C#CCC(=O)OC.[C-]#CC#CCC(=O)OC.[CH3-].[Y]. The number of hydrogen-bond acceptors (Lipinski definition) is 4. The van der Waals surface area contributed by atoms with Crippen molar-refractivity contribution < 1.29 is 51.8 Å². The van der Waals surface area contributed by atoms with Gasteiger partial charge < -0.3 is 23.3 Å². The molecule has 0 aromatic heterocycles. The average molecular weight is 323 g/mol. The topological polar surface area (TPSA) is 52.6 Å². The Morgan fingerprint density at radius 3 is 1.89 bits per heavy atom. The summed E-state index contributed by atoms with van der Waals surface area (Å²) in [5, 5.41) is 0. The van der Waals surface area contributed by atoms with Gasteiger partial charge in [-0.15, -0.1) is 6.42 Å². The molecule has 5 heteroatoms. The molecule has 0 unspecified atom stereocenters. The zero-order valence-corrected chi connectivity index (χ0v) is 13.5. The van der Waals surface area contributed by atoms with Gasteiger partial charge in [0.1, 0.15) is 6.42 Å². The molecule has 0 aliphatic heterocycles. The van der Waals surface area contributed by atoms with Crippen molar-refractivity contribution in [3.8, 4) is 30.1 Å². The van der Waals surface area contributed by atoms with Crippen LogP contribution in [-0.2, 0) is 51.8 Å². The van der Waals surface area contributed by atoms with E-state index in [0.29, 0.717) is 0 Å². The number of esters is 2. The zero-order valence-electron chi connectivity index (χ0n) is 10.7. The fraction of sp³-hybridized carbons (Fsp3) is 0.308. The Hall–Kier alpha value is -1.28. The first-order valence-electron chi connectivity index (χ1n) is 4.09. The van der Waals surface area contributed by atoms with E-state index in [1.165, 1.54) is 14.2 Å². The molecule has 4 nitrogen and oxygen atoms in total. The van der Waals surface area contributed by atoms with Crippen molar-refractivity contribution in [2.45, 2.75) is 12.8 Å². The van der Waals surface area contributed by atoms with Crippen molar-refractivity contribution in [1.29, 1.82) is 0 Å². The van der Waals surface area contributed by atoms with Crippen LogP contribution in [-0.4, -0.2) is 26.2 Å². The molecule has 0 N–H and O–H groups in total. The minimum absolute atomic E-state index is 0. The monoisotopic (exact) mass is 323 g/mol. The predicted molar refractivity (Wildman–Crippen MR) is 63.4 cm³/mol. The van der Waals surface area contributed by atoms with Crippen LogP contribution in [0.5, 0.6) is 0 Å². The van der Waals surface area contributed by atoms with Gasteiger partial charge in [0.25, 0.3) is 0 Å². The fourth-order valence-electron chi connectivity index (χ4n) is 0.388. The van der Waals surface area contributed by atoms with Crippen LogP contribution >= 0.6 is 0 Å². The van der Waals surface area contributed by atoms with E-state index in [1.54, 1.807) is 0 Å². The maximum absolute atomic E-state index is 10.3. The van der Waals surface area contributed by atoms with Crippen LogP contribution in [0.15, 0.2) is 0 Å². The number of terminal acetylenes is 1. The molecule has 0 saturated heterocycles. The third-order valence-corrected chi connectivity index (χ3v) is 1.09. The van der Waals surface area contributed by atoms with E-state index in [1.807, 2.05) is 5.92 Å². The Labute approximate surface area is 134 Å². The van der Waals surface area contributed by atoms with Gasteiger partial charge in [-0.25, -0.2) is 0 Å². The van der Waals surface area contributed by atoms with Gasteiger partial charge in [0, 0.05) is 32.7 Å². The first kappa shape index (κ1) is 25.5. The van der Waals surface area contributed by atoms with Crippen molar-refractivity contribution in [2.24, 2.45) is 0 Å². The van der Waals surface area contributed by atoms with E-state index in [-0.39, 0.29) is 58.9 Å². The molecular formula is C13H14O4Y-2. The van der Waals surface area contributed by atoms with Gasteiger partial charge in [0.05, 0.1) is 20.6 Å². The first-order valence-corrected chi connectivity index (χ1v) is 4.09. The van der Waals surface area contributed by atoms with Gasteiger partial charge in [-0.05, 0) is 0 Å². The van der Waals surface area contributed by atoms with Crippen LogP contribution in [0.1, 0.15) is 12.8 Å². The summed E-state index contributed by atoms with van der Waals surface area (Å²) in [6, 6.07) is 0. The third-order valence-electron chi connectivity index (χ3n) is 1.09. The second kappa shape index (κ2) is 21.1. The Morgan fingerprint density at radius 2 is 1.61 bits per heavy atom. The van der Waals surface area contributed by atoms with Crippen molar-refractivity contribution in [1.82, 2.24) is 0 Å². The second-order valence-electron chi connectivity index (χ2n) is 2.14. The summed E-state index contributed by atoms with van der Waals surface area (Å²) in [5.41, 5.74) is 0. The van der Waals surface area contributed by atoms with E-state index in [0.717, 1.165) is 0 Å². The maximum atomic E-state index is 10.3. The van der Waals surface area contributed by atoms with Crippen LogP contribution in [0, 0.1) is 44.0 Å². The Kier molecular flexibility index (Phi) is 29.9. The van der Waals surface area contributed by atoms with Crippen molar-refractivity contribution in [2.75, 3.05) is 14.2 Å². The first-order chi connectivity index (χ1) is 7.62. The minimum atomic E-state index is -0.391. The molecule has 0 aliphatic rings. The molecule has 0 saturated carbocycles. The van der Waals surface area contributed by atoms with E-state index >= 15 is 0 Å². The average Bonchev–Trinajstić information content (AvgIpc) is 2.30. The van der Waals surface area contributed by atoms with E-state index in [4.69, 9.17) is 12.8 Å². The fourth-order valence-corrected chi connectivity index (χ4v) is 0.388. The molecule has 0 aliphatic carbocycles. The molecule has 0 bridgehead atoms. The zero-order chi connectivity index (χ0) is 12.8. The van der Waals surface area contributed by atoms with Gasteiger partial charge in [-0.3, -0.25) is 21.4 Å². The molecule has 0 heterocycles. The summed E-state index contributed by atoms with van der Waals surface area (Å²) in [4.78, 5) is 20.3. The van der Waals surface area contributed by atoms with Crippen LogP contribution in [0.3, 0.4) is 0 Å². The molecule has 1 radical (unpaired) electrons. The van der Waals surface area contributed by atoms with Gasteiger partial charge in [0.2, 0.25) is 0 Å². The summed E-state index contributed by atoms with van der Waals surface area (Å²) in [5.74, 6) is 7.76. The van der Waals surface area contributed by atoms with Gasteiger partial charge in [-0.2, -0.15) is 5.92 Å². The number of rotatable bonds is 2. The van der Waals surface area contributed by atoms with Crippen LogP contribution < -0.4 is 0 Å². The predicted octanol–water partition coefficient (Wildman–Crippen LogP) is 0.773. The van der Waals surface area contributed by atoms with Crippen molar-refractivity contribution >= 4 is 11.9 Å². The van der Waals surface area contributed by atoms with E-state index < -0.39 is 5.97 Å². The molecule has 0 aromatic carbocycles. The number of methoxy groups -OCH3 is 2. The smallest absolute Gasteiger partial charge is 0.317 e. The molecule has 0 rings (SSSR count). The van der Waals surface area contributed by atoms with Crippen molar-refractivity contribution in [3.63, 3.8) is 0 Å². The van der Waals surface area contributed by atoms with Crippen LogP contribution in [0.2, 0.25) is 0 Å². The number of hydrogen-bond donors (Lipinski definition) is 0.